The van der Waals surface area contributed by atoms with E-state index in [1.165, 1.54) is 6.33 Å². The van der Waals surface area contributed by atoms with Gasteiger partial charge in [0, 0.05) is 23.5 Å². The van der Waals surface area contributed by atoms with Crippen LogP contribution in [0.1, 0.15) is 18.4 Å². The Morgan fingerprint density at radius 3 is 2.93 bits per heavy atom. The maximum Gasteiger partial charge on any atom is 0.165 e. The van der Waals surface area contributed by atoms with Crippen molar-refractivity contribution in [2.24, 2.45) is 11.3 Å². The molecule has 2 aliphatic rings. The van der Waals surface area contributed by atoms with E-state index in [2.05, 4.69) is 20.3 Å². The van der Waals surface area contributed by atoms with Gasteiger partial charge < -0.3 is 20.1 Å². The molecule has 2 aromatic heterocycles. The maximum atomic E-state index is 10.4. The van der Waals surface area contributed by atoms with E-state index in [1.807, 2.05) is 28.8 Å². The number of nitrogens with zero attached hydrogens (tertiary/aromatic N) is 4. The number of nitrogens with one attached hydrogen (secondary N) is 1. The fourth-order valence-corrected chi connectivity index (χ4v) is 4.66. The normalized spacial score (nSPS) is 29.1. The molecule has 7 nitrogen and oxygen atoms in total. The zero-order chi connectivity index (χ0) is 18.6. The molecule has 2 aliphatic carbocycles. The molecule has 0 bridgehead atoms. The highest BCUT2D eigenvalue weighted by molar-refractivity contribution is 6.30. The molecule has 0 saturated heterocycles. The minimum atomic E-state index is -0.679. The first-order valence-electron chi connectivity index (χ1n) is 9.07. The number of aromatic nitrogens is 4. The second kappa shape index (κ2) is 6.15. The van der Waals surface area contributed by atoms with Gasteiger partial charge in [0.1, 0.15) is 11.8 Å². The summed E-state index contributed by atoms with van der Waals surface area (Å²) in [5.41, 5.74) is 2.23. The van der Waals surface area contributed by atoms with E-state index in [-0.39, 0.29) is 5.41 Å². The first-order valence-corrected chi connectivity index (χ1v) is 9.45. The van der Waals surface area contributed by atoms with Gasteiger partial charge in [0.05, 0.1) is 18.5 Å². The standard InChI is InChI=1S/C19H20ClN5O2/c20-13-3-1-2-11(4-13)7-21-17-15-18(23-9-22-17)25(10-24-15)8-19-6-12(19)5-14(26)16(19)27/h1-4,9-10,12,14,16,26-27H,5-8H2,(H,21,22,23)/t12-,14-,16-,19-/m1/s1. The summed E-state index contributed by atoms with van der Waals surface area (Å²) in [5, 5.41) is 24.3. The van der Waals surface area contributed by atoms with Crippen LogP contribution in [0, 0.1) is 11.3 Å². The summed E-state index contributed by atoms with van der Waals surface area (Å²) in [6, 6.07) is 7.66. The molecule has 140 valence electrons. The van der Waals surface area contributed by atoms with E-state index < -0.39 is 12.2 Å². The molecule has 5 rings (SSSR count). The Morgan fingerprint density at radius 2 is 2.15 bits per heavy atom. The molecule has 0 amide bonds. The molecular formula is C19H20ClN5O2. The predicted molar refractivity (Wildman–Crippen MR) is 101 cm³/mol. The van der Waals surface area contributed by atoms with Crippen molar-refractivity contribution in [1.29, 1.82) is 0 Å². The van der Waals surface area contributed by atoms with Gasteiger partial charge in [0.15, 0.2) is 11.5 Å². The Kier molecular flexibility index (Phi) is 3.86. The Morgan fingerprint density at radius 1 is 1.26 bits per heavy atom. The highest BCUT2D eigenvalue weighted by Crippen LogP contribution is 2.64. The van der Waals surface area contributed by atoms with E-state index in [4.69, 9.17) is 11.6 Å². The summed E-state index contributed by atoms with van der Waals surface area (Å²) in [7, 11) is 0. The van der Waals surface area contributed by atoms with Gasteiger partial charge >= 0.3 is 0 Å². The number of anilines is 1. The van der Waals surface area contributed by atoms with Gasteiger partial charge in [-0.1, -0.05) is 23.7 Å². The van der Waals surface area contributed by atoms with Crippen molar-refractivity contribution in [2.75, 3.05) is 5.32 Å². The number of imidazole rings is 1. The zero-order valence-corrected chi connectivity index (χ0v) is 15.3. The molecule has 4 atom stereocenters. The monoisotopic (exact) mass is 385 g/mol. The van der Waals surface area contributed by atoms with Crippen molar-refractivity contribution in [3.63, 3.8) is 0 Å². The quantitative estimate of drug-likeness (QED) is 0.623. The second-order valence-electron chi connectivity index (χ2n) is 7.63. The Bertz CT molecular complexity index is 1010. The van der Waals surface area contributed by atoms with Crippen LogP contribution in [0.15, 0.2) is 36.9 Å². The lowest BCUT2D eigenvalue weighted by Crippen LogP contribution is -2.32. The van der Waals surface area contributed by atoms with E-state index in [9.17, 15) is 10.2 Å². The lowest BCUT2D eigenvalue weighted by Gasteiger charge is -2.21. The topological polar surface area (TPSA) is 96.1 Å². The minimum absolute atomic E-state index is 0.244. The highest BCUT2D eigenvalue weighted by atomic mass is 35.5. The third-order valence-corrected chi connectivity index (χ3v) is 6.21. The molecule has 2 fully saturated rings. The largest absolute Gasteiger partial charge is 0.390 e. The first kappa shape index (κ1) is 16.9. The summed E-state index contributed by atoms with van der Waals surface area (Å²) in [6.45, 7) is 1.19. The number of benzene rings is 1. The molecule has 0 radical (unpaired) electrons. The fraction of sp³-hybridized carbons (Fsp3) is 0.421. The van der Waals surface area contributed by atoms with E-state index in [1.54, 1.807) is 6.33 Å². The third-order valence-electron chi connectivity index (χ3n) is 5.97. The minimum Gasteiger partial charge on any atom is -0.390 e. The number of aliphatic hydroxyl groups excluding tert-OH is 2. The SMILES string of the molecule is O[C@@H]1C[C@@H]2C[C@]2(Cn2cnc3c(NCc4cccc(Cl)c4)ncnc32)[C@@H]1O. The second-order valence-corrected chi connectivity index (χ2v) is 8.07. The number of fused-ring (bicyclic) bond motifs is 2. The van der Waals surface area contributed by atoms with E-state index >= 15 is 0 Å². The molecule has 1 aromatic carbocycles. The lowest BCUT2D eigenvalue weighted by atomic mass is 9.99. The molecule has 2 heterocycles. The average molecular weight is 386 g/mol. The molecule has 3 N–H and O–H groups in total. The van der Waals surface area contributed by atoms with Crippen molar-refractivity contribution >= 4 is 28.6 Å². The van der Waals surface area contributed by atoms with Crippen LogP contribution >= 0.6 is 11.6 Å². The maximum absolute atomic E-state index is 10.4. The van der Waals surface area contributed by atoms with Crippen molar-refractivity contribution in [2.45, 2.75) is 38.1 Å². The van der Waals surface area contributed by atoms with Crippen molar-refractivity contribution in [3.05, 3.63) is 47.5 Å². The molecular weight excluding hydrogens is 366 g/mol. The van der Waals surface area contributed by atoms with Gasteiger partial charge in [0.25, 0.3) is 0 Å². The van der Waals surface area contributed by atoms with Gasteiger partial charge in [-0.25, -0.2) is 15.0 Å². The van der Waals surface area contributed by atoms with Crippen LogP contribution in [0.3, 0.4) is 0 Å². The molecule has 3 aromatic rings. The number of halogens is 1. The van der Waals surface area contributed by atoms with Gasteiger partial charge in [-0.3, -0.25) is 0 Å². The molecule has 8 heteroatoms. The lowest BCUT2D eigenvalue weighted by molar-refractivity contribution is -0.00665. The van der Waals surface area contributed by atoms with Crippen LogP contribution < -0.4 is 5.32 Å². The summed E-state index contributed by atoms with van der Waals surface area (Å²) in [5.74, 6) is 1.04. The van der Waals surface area contributed by atoms with Gasteiger partial charge in [-0.15, -0.1) is 0 Å². The van der Waals surface area contributed by atoms with Crippen LogP contribution in [0.25, 0.3) is 11.2 Å². The van der Waals surface area contributed by atoms with Crippen LogP contribution in [0.5, 0.6) is 0 Å². The zero-order valence-electron chi connectivity index (χ0n) is 14.6. The number of hydrogen-bond acceptors (Lipinski definition) is 6. The van der Waals surface area contributed by atoms with Gasteiger partial charge in [-0.2, -0.15) is 0 Å². The number of rotatable bonds is 5. The number of hydrogen-bond donors (Lipinski definition) is 3. The van der Waals surface area contributed by atoms with Gasteiger partial charge in [0.2, 0.25) is 0 Å². The summed E-state index contributed by atoms with van der Waals surface area (Å²) in [6.07, 6.45) is 3.57. The number of aliphatic hydroxyl groups is 2. The van der Waals surface area contributed by atoms with Crippen molar-refractivity contribution < 1.29 is 10.2 Å². The van der Waals surface area contributed by atoms with Crippen LogP contribution in [0.2, 0.25) is 5.02 Å². The van der Waals surface area contributed by atoms with Crippen LogP contribution in [-0.2, 0) is 13.1 Å². The van der Waals surface area contributed by atoms with Crippen LogP contribution in [-0.4, -0.2) is 41.9 Å². The summed E-state index contributed by atoms with van der Waals surface area (Å²) in [4.78, 5) is 13.2. The molecule has 0 unspecified atom stereocenters. The van der Waals surface area contributed by atoms with Crippen LogP contribution in [0.4, 0.5) is 5.82 Å². The Balaban J connectivity index is 1.39. The molecule has 0 aliphatic heterocycles. The van der Waals surface area contributed by atoms with E-state index in [0.29, 0.717) is 41.8 Å². The molecule has 27 heavy (non-hydrogen) atoms. The highest BCUT2D eigenvalue weighted by Gasteiger charge is 2.66. The Hall–Kier alpha value is -2.22. The van der Waals surface area contributed by atoms with Crippen molar-refractivity contribution in [3.8, 4) is 0 Å². The third kappa shape index (κ3) is 2.77. The summed E-state index contributed by atoms with van der Waals surface area (Å²) >= 11 is 6.04. The fourth-order valence-electron chi connectivity index (χ4n) is 4.45. The molecule has 2 saturated carbocycles. The Labute approximate surface area is 161 Å². The summed E-state index contributed by atoms with van der Waals surface area (Å²) < 4.78 is 1.96. The average Bonchev–Trinajstić information content (AvgIpc) is 3.09. The van der Waals surface area contributed by atoms with Crippen molar-refractivity contribution in [1.82, 2.24) is 19.5 Å². The smallest absolute Gasteiger partial charge is 0.165 e. The molecule has 0 spiro atoms. The first-order chi connectivity index (χ1) is 13.1. The van der Waals surface area contributed by atoms with Gasteiger partial charge in [-0.05, 0) is 36.5 Å². The predicted octanol–water partition coefficient (Wildman–Crippen LogP) is 2.22. The van der Waals surface area contributed by atoms with E-state index in [0.717, 1.165) is 17.6 Å².